The van der Waals surface area contributed by atoms with Crippen LogP contribution in [0.5, 0.6) is 5.75 Å². The fraction of sp³-hybridized carbons (Fsp3) is 0.690. The molecule has 5 aliphatic rings. The smallest absolute Gasteiger partial charge is 0.118 e. The van der Waals surface area contributed by atoms with Crippen LogP contribution in [-0.2, 0) is 0 Å². The van der Waals surface area contributed by atoms with Crippen molar-refractivity contribution in [2.75, 3.05) is 7.11 Å². The number of hydrazone groups is 1. The molecule has 178 valence electrons. The van der Waals surface area contributed by atoms with Crippen molar-refractivity contribution in [3.8, 4) is 5.75 Å². The molecule has 3 fully saturated rings. The van der Waals surface area contributed by atoms with Crippen molar-refractivity contribution in [1.29, 1.82) is 0 Å². The number of allylic oxidation sites excluding steroid dienone is 1. The van der Waals surface area contributed by atoms with Crippen molar-refractivity contribution in [3.63, 3.8) is 0 Å². The summed E-state index contributed by atoms with van der Waals surface area (Å²) >= 11 is 0. The van der Waals surface area contributed by atoms with Gasteiger partial charge in [0.15, 0.2) is 0 Å². The lowest BCUT2D eigenvalue weighted by Gasteiger charge is -2.58. The highest BCUT2D eigenvalue weighted by Crippen LogP contribution is 2.66. The molecule has 4 aliphatic carbocycles. The molecule has 0 amide bonds. The van der Waals surface area contributed by atoms with Crippen LogP contribution >= 0.6 is 0 Å². The Kier molecular flexibility index (Phi) is 5.17. The zero-order valence-electron chi connectivity index (χ0n) is 20.5. The van der Waals surface area contributed by atoms with Gasteiger partial charge in [0.05, 0.1) is 19.3 Å². The molecular formula is C29H40N2O2. The molecule has 1 heterocycles. The van der Waals surface area contributed by atoms with Crippen molar-refractivity contribution in [2.24, 2.45) is 39.6 Å². The minimum absolute atomic E-state index is 0.114. The summed E-state index contributed by atoms with van der Waals surface area (Å²) in [6, 6.07) is 8.75. The van der Waals surface area contributed by atoms with Crippen LogP contribution in [0.3, 0.4) is 0 Å². The first-order chi connectivity index (χ1) is 15.9. The molecule has 8 atom stereocenters. The van der Waals surface area contributed by atoms with Gasteiger partial charge in [0.1, 0.15) is 5.75 Å². The molecule has 0 spiro atoms. The SMILES string of the molecule is COc1ccc(C2CC(C3CCC4C5CC=C6CC(O)CCC6(C)C5CCC34C)=NN2)cc1. The van der Waals surface area contributed by atoms with Crippen LogP contribution in [0, 0.1) is 34.5 Å². The van der Waals surface area contributed by atoms with E-state index in [1.165, 1.54) is 49.8 Å². The predicted molar refractivity (Wildman–Crippen MR) is 132 cm³/mol. The number of rotatable bonds is 3. The number of benzene rings is 1. The third-order valence-corrected chi connectivity index (χ3v) is 10.8. The van der Waals surface area contributed by atoms with E-state index in [2.05, 4.69) is 49.6 Å². The van der Waals surface area contributed by atoms with Crippen LogP contribution in [-0.4, -0.2) is 24.0 Å². The number of aliphatic hydroxyl groups excluding tert-OH is 1. The highest BCUT2D eigenvalue weighted by Gasteiger charge is 2.59. The van der Waals surface area contributed by atoms with Gasteiger partial charge in [-0.05, 0) is 97.6 Å². The summed E-state index contributed by atoms with van der Waals surface area (Å²) < 4.78 is 5.33. The molecule has 4 heteroatoms. The Labute approximate surface area is 198 Å². The fourth-order valence-corrected chi connectivity index (χ4v) is 8.90. The van der Waals surface area contributed by atoms with E-state index in [9.17, 15) is 5.11 Å². The molecule has 6 rings (SSSR count). The number of ether oxygens (including phenoxy) is 1. The molecule has 3 saturated carbocycles. The first kappa shape index (κ1) is 21.7. The summed E-state index contributed by atoms with van der Waals surface area (Å²) in [5.41, 5.74) is 8.47. The van der Waals surface area contributed by atoms with Crippen molar-refractivity contribution in [3.05, 3.63) is 41.5 Å². The number of hydrogen-bond donors (Lipinski definition) is 2. The number of hydrogen-bond acceptors (Lipinski definition) is 4. The molecule has 33 heavy (non-hydrogen) atoms. The van der Waals surface area contributed by atoms with Crippen LogP contribution in [0.25, 0.3) is 0 Å². The van der Waals surface area contributed by atoms with E-state index in [1.54, 1.807) is 12.7 Å². The van der Waals surface area contributed by atoms with Crippen LogP contribution in [0.1, 0.15) is 83.2 Å². The zero-order valence-corrected chi connectivity index (χ0v) is 20.5. The third kappa shape index (κ3) is 3.31. The maximum absolute atomic E-state index is 10.3. The van der Waals surface area contributed by atoms with Gasteiger partial charge in [0.2, 0.25) is 0 Å². The molecular weight excluding hydrogens is 408 g/mol. The Hall–Kier alpha value is -1.81. The lowest BCUT2D eigenvalue weighted by molar-refractivity contribution is -0.0424. The summed E-state index contributed by atoms with van der Waals surface area (Å²) in [5, 5.41) is 15.2. The fourth-order valence-electron chi connectivity index (χ4n) is 8.90. The Balaban J connectivity index is 1.20. The van der Waals surface area contributed by atoms with E-state index in [0.717, 1.165) is 42.8 Å². The normalized spacial score (nSPS) is 44.1. The maximum atomic E-state index is 10.3. The number of nitrogens with zero attached hydrogens (tertiary/aromatic N) is 1. The molecule has 1 aromatic rings. The third-order valence-electron chi connectivity index (χ3n) is 10.8. The Bertz CT molecular complexity index is 968. The summed E-state index contributed by atoms with van der Waals surface area (Å²) in [6.07, 6.45) is 13.1. The standard InChI is InChI=1S/C29H40N2O2/c1-28-14-12-20(32)16-19(28)6-9-22-23-10-11-25(29(23,2)15-13-24(22)28)27-17-26(30-31-27)18-4-7-21(33-3)8-5-18/h4-8,20,22-26,30,32H,9-17H2,1-3H3. The van der Waals surface area contributed by atoms with E-state index in [-0.39, 0.29) is 12.1 Å². The van der Waals surface area contributed by atoms with Gasteiger partial charge < -0.3 is 15.3 Å². The minimum atomic E-state index is -0.114. The van der Waals surface area contributed by atoms with Gasteiger partial charge in [-0.15, -0.1) is 0 Å². The Morgan fingerprint density at radius 2 is 1.82 bits per heavy atom. The Morgan fingerprint density at radius 1 is 1.00 bits per heavy atom. The number of aliphatic hydroxyl groups is 1. The topological polar surface area (TPSA) is 53.9 Å². The van der Waals surface area contributed by atoms with Crippen molar-refractivity contribution in [2.45, 2.75) is 83.8 Å². The molecule has 0 radical (unpaired) electrons. The molecule has 2 N–H and O–H groups in total. The second kappa shape index (κ2) is 7.86. The van der Waals surface area contributed by atoms with Crippen molar-refractivity contribution >= 4 is 5.71 Å². The van der Waals surface area contributed by atoms with Gasteiger partial charge in [0, 0.05) is 18.1 Å². The van der Waals surface area contributed by atoms with Crippen LogP contribution < -0.4 is 10.2 Å². The molecule has 4 nitrogen and oxygen atoms in total. The molecule has 0 saturated heterocycles. The van der Waals surface area contributed by atoms with E-state index in [1.807, 2.05) is 0 Å². The Morgan fingerprint density at radius 3 is 2.61 bits per heavy atom. The molecule has 0 aromatic heterocycles. The molecule has 1 aromatic carbocycles. The van der Waals surface area contributed by atoms with Gasteiger partial charge in [0.25, 0.3) is 0 Å². The summed E-state index contributed by atoms with van der Waals surface area (Å²) in [5.74, 6) is 3.95. The van der Waals surface area contributed by atoms with Gasteiger partial charge in [-0.25, -0.2) is 0 Å². The second-order valence-electron chi connectivity index (χ2n) is 12.1. The molecule has 1 aliphatic heterocycles. The second-order valence-corrected chi connectivity index (χ2v) is 12.1. The average Bonchev–Trinajstić information content (AvgIpc) is 3.44. The highest BCUT2D eigenvalue weighted by molar-refractivity contribution is 5.89. The minimum Gasteiger partial charge on any atom is -0.497 e. The van der Waals surface area contributed by atoms with Gasteiger partial charge in [-0.3, -0.25) is 0 Å². The van der Waals surface area contributed by atoms with Gasteiger partial charge in [-0.2, -0.15) is 5.10 Å². The lowest BCUT2D eigenvalue weighted by Crippen LogP contribution is -2.51. The maximum Gasteiger partial charge on any atom is 0.118 e. The van der Waals surface area contributed by atoms with Crippen LogP contribution in [0.2, 0.25) is 0 Å². The summed E-state index contributed by atoms with van der Waals surface area (Å²) in [7, 11) is 1.72. The van der Waals surface area contributed by atoms with E-state index < -0.39 is 0 Å². The number of fused-ring (bicyclic) bond motifs is 5. The largest absolute Gasteiger partial charge is 0.497 e. The predicted octanol–water partition coefficient (Wildman–Crippen LogP) is 6.03. The van der Waals surface area contributed by atoms with Crippen LogP contribution in [0.15, 0.2) is 41.0 Å². The highest BCUT2D eigenvalue weighted by atomic mass is 16.5. The number of methoxy groups -OCH3 is 1. The van der Waals surface area contributed by atoms with E-state index in [4.69, 9.17) is 9.84 Å². The van der Waals surface area contributed by atoms with E-state index >= 15 is 0 Å². The van der Waals surface area contributed by atoms with Crippen molar-refractivity contribution < 1.29 is 9.84 Å². The van der Waals surface area contributed by atoms with Gasteiger partial charge in [-0.1, -0.05) is 37.6 Å². The molecule has 8 unspecified atom stereocenters. The monoisotopic (exact) mass is 448 g/mol. The van der Waals surface area contributed by atoms with Crippen molar-refractivity contribution in [1.82, 2.24) is 5.43 Å². The van der Waals surface area contributed by atoms with Gasteiger partial charge >= 0.3 is 0 Å². The summed E-state index contributed by atoms with van der Waals surface area (Å²) in [4.78, 5) is 0. The number of nitrogens with one attached hydrogen (secondary N) is 1. The van der Waals surface area contributed by atoms with E-state index in [0.29, 0.717) is 16.7 Å². The summed E-state index contributed by atoms with van der Waals surface area (Å²) in [6.45, 7) is 5.13. The lowest BCUT2D eigenvalue weighted by atomic mass is 9.47. The first-order valence-electron chi connectivity index (χ1n) is 13.3. The quantitative estimate of drug-likeness (QED) is 0.556. The average molecular weight is 449 g/mol. The molecule has 0 bridgehead atoms. The van der Waals surface area contributed by atoms with Crippen LogP contribution in [0.4, 0.5) is 0 Å². The zero-order chi connectivity index (χ0) is 22.8. The first-order valence-corrected chi connectivity index (χ1v) is 13.3.